The third-order valence-corrected chi connectivity index (χ3v) is 0.471. The van der Waals surface area contributed by atoms with E-state index < -0.39 is 0 Å². The summed E-state index contributed by atoms with van der Waals surface area (Å²) in [6.07, 6.45) is 0. The van der Waals surface area contributed by atoms with Crippen LogP contribution in [0.4, 0.5) is 0 Å². The summed E-state index contributed by atoms with van der Waals surface area (Å²) in [5.41, 5.74) is 0. The summed E-state index contributed by atoms with van der Waals surface area (Å²) in [7, 11) is 1.70. The molecule has 0 rings (SSSR count). The molecule has 1 atom stereocenters. The topological polar surface area (TPSA) is 9.23 Å². The Morgan fingerprint density at radius 3 is 2.00 bits per heavy atom. The zero-order valence-electron chi connectivity index (χ0n) is 3.99. The molecule has 0 amide bonds. The van der Waals surface area contributed by atoms with Crippen LogP contribution in [0.2, 0.25) is 0 Å². The van der Waals surface area contributed by atoms with E-state index in [2.05, 4.69) is 0 Å². The molecule has 0 aliphatic heterocycles. The molecular weight excluding hydrogens is 59.0 g/mol. The van der Waals surface area contributed by atoms with Gasteiger partial charge >= 0.3 is 41.3 Å². The molecule has 0 aliphatic carbocycles. The van der Waals surface area contributed by atoms with Crippen LogP contribution >= 0.6 is 0 Å². The molecule has 0 fully saturated rings. The van der Waals surface area contributed by atoms with Crippen molar-refractivity contribution in [1.82, 2.24) is 0 Å². The van der Waals surface area contributed by atoms with Crippen LogP contribution in [0.15, 0.2) is 0 Å². The molecule has 26 valence electrons. The molecule has 5 heavy (non-hydrogen) atoms. The fourth-order valence-corrected chi connectivity index (χ4v) is 0. The second-order valence-corrected chi connectivity index (χ2v) is 1.28. The molecule has 0 saturated heterocycles. The van der Waals surface area contributed by atoms with Gasteiger partial charge in [0.05, 0.1) is 0 Å². The minimum absolute atomic E-state index is 0.384. The molecule has 0 aliphatic rings. The molecule has 0 saturated carbocycles. The Balaban J connectivity index is 2.54. The molecule has 1 unspecified atom stereocenters. The minimum atomic E-state index is 0.384. The molecule has 0 bridgehead atoms. The normalized spacial score (nSPS) is 15.2. The quantitative estimate of drug-likeness (QED) is 0.396. The molecule has 1 nitrogen and oxygen atoms in total. The average molecular weight is 66.0 g/mol. The van der Waals surface area contributed by atoms with Crippen molar-refractivity contribution in [2.45, 2.75) is 11.7 Å². The third kappa shape index (κ3) is 4.56. The Morgan fingerprint density at radius 1 is 1.80 bits per heavy atom. The van der Waals surface area contributed by atoms with Gasteiger partial charge in [-0.2, -0.15) is 0 Å². The van der Waals surface area contributed by atoms with Gasteiger partial charge in [0.15, 0.2) is 0 Å². The van der Waals surface area contributed by atoms with Gasteiger partial charge in [-0.1, -0.05) is 0 Å². The first-order valence-electron chi connectivity index (χ1n) is 1.80. The van der Waals surface area contributed by atoms with E-state index in [-0.39, 0.29) is 0 Å². The number of hydrogen-bond acceptors (Lipinski definition) is 1. The first-order valence-corrected chi connectivity index (χ1v) is 1.80. The summed E-state index contributed by atoms with van der Waals surface area (Å²) >= 11 is 2.00. The van der Waals surface area contributed by atoms with Crippen LogP contribution < -0.4 is 0 Å². The van der Waals surface area contributed by atoms with E-state index >= 15 is 0 Å². The third-order valence-electron chi connectivity index (χ3n) is 0.471. The van der Waals surface area contributed by atoms with Crippen LogP contribution in [0, 0.1) is 0 Å². The number of ether oxygens (including phenoxy) is 1. The van der Waals surface area contributed by atoms with Crippen molar-refractivity contribution >= 4 is 17.7 Å². The maximum atomic E-state index is 4.75. The van der Waals surface area contributed by atoms with Crippen molar-refractivity contribution in [2.75, 3.05) is 7.11 Å². The number of hydrogen-bond donors (Lipinski definition) is 0. The van der Waals surface area contributed by atoms with E-state index in [1.165, 1.54) is 0 Å². The van der Waals surface area contributed by atoms with Crippen molar-refractivity contribution in [2.24, 2.45) is 0 Å². The van der Waals surface area contributed by atoms with Gasteiger partial charge in [0.25, 0.3) is 0 Å². The molecule has 0 N–H and O–H groups in total. The van der Waals surface area contributed by atoms with Gasteiger partial charge < -0.3 is 0 Å². The predicted octanol–water partition coefficient (Wildman–Crippen LogP) is 0.147. The zero-order chi connectivity index (χ0) is 4.28. The Morgan fingerprint density at radius 2 is 2.00 bits per heavy atom. The van der Waals surface area contributed by atoms with E-state index in [1.54, 1.807) is 7.11 Å². The molecule has 0 radical (unpaired) electrons. The molecule has 0 spiro atoms. The number of methoxy groups -OCH3 is 1. The monoisotopic (exact) mass is 66.1 g/mol. The summed E-state index contributed by atoms with van der Waals surface area (Å²) < 4.78 is 5.13. The van der Waals surface area contributed by atoms with Crippen molar-refractivity contribution in [3.8, 4) is 0 Å². The zero-order valence-corrected chi connectivity index (χ0v) is 3.99. The second kappa shape index (κ2) is 2.78. The van der Waals surface area contributed by atoms with Gasteiger partial charge in [0, 0.05) is 0 Å². The first-order chi connectivity index (χ1) is 2.27. The standard InChI is InChI=1S/C3H7O.Li/c1-3-4-2;/h3H,1-2H3;. The van der Waals surface area contributed by atoms with Crippen molar-refractivity contribution in [3.05, 3.63) is 0 Å². The second-order valence-electron chi connectivity index (χ2n) is 1.28. The van der Waals surface area contributed by atoms with Crippen LogP contribution in [-0.4, -0.2) is 29.6 Å². The molecule has 0 aromatic carbocycles. The van der Waals surface area contributed by atoms with Gasteiger partial charge in [-0.05, 0) is 0 Å². The molecule has 2 heteroatoms. The Kier molecular flexibility index (Phi) is 3.09. The van der Waals surface area contributed by atoms with Crippen molar-refractivity contribution in [3.63, 3.8) is 0 Å². The van der Waals surface area contributed by atoms with Crippen molar-refractivity contribution in [1.29, 1.82) is 0 Å². The fourth-order valence-electron chi connectivity index (χ4n) is 0. The van der Waals surface area contributed by atoms with Crippen LogP contribution in [0.25, 0.3) is 0 Å². The molecule has 0 aromatic heterocycles. The van der Waals surface area contributed by atoms with Crippen LogP contribution in [0.3, 0.4) is 0 Å². The van der Waals surface area contributed by atoms with E-state index in [0.29, 0.717) is 4.78 Å². The SMILES string of the molecule is [Li][CH](C)OC. The Labute approximate surface area is 41.9 Å². The van der Waals surface area contributed by atoms with Crippen LogP contribution in [0.5, 0.6) is 0 Å². The van der Waals surface area contributed by atoms with Crippen LogP contribution in [0.1, 0.15) is 6.92 Å². The summed E-state index contributed by atoms with van der Waals surface area (Å²) in [4.78, 5) is 0. The molecular formula is C3H7LiO. The molecule has 0 aromatic rings. The van der Waals surface area contributed by atoms with E-state index in [1.807, 2.05) is 24.6 Å². The van der Waals surface area contributed by atoms with Crippen molar-refractivity contribution < 1.29 is 4.74 Å². The predicted molar refractivity (Wildman–Crippen MR) is 22.2 cm³/mol. The Bertz CT molecular complexity index is 20.9. The van der Waals surface area contributed by atoms with Gasteiger partial charge in [-0.3, -0.25) is 0 Å². The van der Waals surface area contributed by atoms with E-state index in [4.69, 9.17) is 4.74 Å². The van der Waals surface area contributed by atoms with Gasteiger partial charge in [-0.25, -0.2) is 0 Å². The van der Waals surface area contributed by atoms with E-state index in [0.717, 1.165) is 0 Å². The summed E-state index contributed by atoms with van der Waals surface area (Å²) in [6, 6.07) is 0. The van der Waals surface area contributed by atoms with Crippen LogP contribution in [-0.2, 0) is 4.74 Å². The summed E-state index contributed by atoms with van der Waals surface area (Å²) in [6.45, 7) is 2.00. The Hall–Kier alpha value is 0.557. The van der Waals surface area contributed by atoms with Gasteiger partial charge in [0.2, 0.25) is 0 Å². The summed E-state index contributed by atoms with van der Waals surface area (Å²) in [5.74, 6) is 0. The van der Waals surface area contributed by atoms with Gasteiger partial charge in [0.1, 0.15) is 0 Å². The first kappa shape index (κ1) is 5.56. The number of rotatable bonds is 1. The van der Waals surface area contributed by atoms with E-state index in [9.17, 15) is 0 Å². The molecule has 0 heterocycles. The maximum absolute atomic E-state index is 4.75. The average Bonchev–Trinajstić information content (AvgIpc) is 1.38. The fraction of sp³-hybridized carbons (Fsp3) is 1.00. The summed E-state index contributed by atoms with van der Waals surface area (Å²) in [5, 5.41) is 0. The van der Waals surface area contributed by atoms with Gasteiger partial charge in [-0.15, -0.1) is 0 Å².